The van der Waals surface area contributed by atoms with Crippen LogP contribution in [0.15, 0.2) is 29.2 Å². The fourth-order valence-corrected chi connectivity index (χ4v) is 5.18. The van der Waals surface area contributed by atoms with E-state index in [9.17, 15) is 28.2 Å². The van der Waals surface area contributed by atoms with Gasteiger partial charge in [-0.2, -0.15) is 4.31 Å². The highest BCUT2D eigenvalue weighted by Crippen LogP contribution is 2.45. The van der Waals surface area contributed by atoms with Gasteiger partial charge in [-0.1, -0.05) is 12.8 Å². The molecule has 0 aromatic heterocycles. The van der Waals surface area contributed by atoms with E-state index in [1.807, 2.05) is 0 Å². The number of carboxylic acids is 1. The molecule has 1 saturated heterocycles. The number of aliphatic hydroxyl groups is 1. The predicted molar refractivity (Wildman–Crippen MR) is 96.6 cm³/mol. The number of nitrogens with zero attached hydrogens (tertiary/aromatic N) is 1. The van der Waals surface area contributed by atoms with Crippen molar-refractivity contribution >= 4 is 21.9 Å². The van der Waals surface area contributed by atoms with Gasteiger partial charge in [0.2, 0.25) is 10.0 Å². The van der Waals surface area contributed by atoms with Crippen LogP contribution in [-0.2, 0) is 14.8 Å². The number of amides is 1. The van der Waals surface area contributed by atoms with E-state index < -0.39 is 27.5 Å². The molecular weight excluding hydrogens is 372 g/mol. The van der Waals surface area contributed by atoms with E-state index in [1.54, 1.807) is 0 Å². The largest absolute Gasteiger partial charge is 0.481 e. The number of carbonyl (C=O) groups is 2. The van der Waals surface area contributed by atoms with Crippen molar-refractivity contribution in [3.63, 3.8) is 0 Å². The number of piperidine rings is 1. The maximum atomic E-state index is 13.0. The Balaban J connectivity index is 1.87. The first kappa shape index (κ1) is 19.8. The molecule has 0 radical (unpaired) electrons. The second kappa shape index (κ2) is 7.21. The normalized spacial score (nSPS) is 26.5. The summed E-state index contributed by atoms with van der Waals surface area (Å²) in [5.41, 5.74) is -1.15. The van der Waals surface area contributed by atoms with Gasteiger partial charge in [-0.3, -0.25) is 9.59 Å². The highest BCUT2D eigenvalue weighted by Gasteiger charge is 2.53. The van der Waals surface area contributed by atoms with E-state index in [0.717, 1.165) is 17.1 Å². The van der Waals surface area contributed by atoms with Gasteiger partial charge in [0.25, 0.3) is 5.91 Å². The van der Waals surface area contributed by atoms with Crippen LogP contribution in [0.2, 0.25) is 0 Å². The van der Waals surface area contributed by atoms with Crippen LogP contribution in [0.4, 0.5) is 0 Å². The Morgan fingerprint density at radius 3 is 2.37 bits per heavy atom. The van der Waals surface area contributed by atoms with E-state index in [4.69, 9.17) is 0 Å². The fourth-order valence-electron chi connectivity index (χ4n) is 3.65. The summed E-state index contributed by atoms with van der Waals surface area (Å²) in [5, 5.41) is 22.7. The van der Waals surface area contributed by atoms with E-state index in [0.29, 0.717) is 5.56 Å². The summed E-state index contributed by atoms with van der Waals surface area (Å²) in [6.07, 6.45) is 1.11. The number of benzene rings is 1. The minimum atomic E-state index is -3.93. The number of hydrogen-bond donors (Lipinski definition) is 3. The zero-order valence-electron chi connectivity index (χ0n) is 15.1. The van der Waals surface area contributed by atoms with Gasteiger partial charge in [0, 0.05) is 25.7 Å². The topological polar surface area (TPSA) is 124 Å². The van der Waals surface area contributed by atoms with Crippen LogP contribution in [0, 0.1) is 11.3 Å². The Morgan fingerprint density at radius 1 is 1.22 bits per heavy atom. The number of rotatable bonds is 6. The molecule has 1 aliphatic heterocycles. The zero-order valence-corrected chi connectivity index (χ0v) is 15.9. The van der Waals surface area contributed by atoms with Gasteiger partial charge in [-0.15, -0.1) is 0 Å². The first-order chi connectivity index (χ1) is 12.7. The minimum Gasteiger partial charge on any atom is -0.481 e. The average molecular weight is 396 g/mol. The molecule has 2 fully saturated rings. The van der Waals surface area contributed by atoms with Crippen LogP contribution < -0.4 is 5.32 Å². The van der Waals surface area contributed by atoms with Gasteiger partial charge in [-0.05, 0) is 43.0 Å². The van der Waals surface area contributed by atoms with Gasteiger partial charge < -0.3 is 15.5 Å². The molecule has 1 aromatic carbocycles. The fraction of sp³-hybridized carbons (Fsp3) is 0.556. The molecule has 3 N–H and O–H groups in total. The maximum absolute atomic E-state index is 13.0. The summed E-state index contributed by atoms with van der Waals surface area (Å²) >= 11 is 0. The van der Waals surface area contributed by atoms with Crippen LogP contribution in [0.25, 0.3) is 0 Å². The van der Waals surface area contributed by atoms with Gasteiger partial charge in [0.05, 0.1) is 11.0 Å². The molecule has 2 aliphatic rings. The molecule has 1 heterocycles. The van der Waals surface area contributed by atoms with Crippen LogP contribution in [0.3, 0.4) is 0 Å². The standard InChI is InChI=1S/C18H24N2O6S/c1-19-16(22)13-4-6-14(7-5-13)27(25,26)20-9-8-15(21)18(11-20,17(23)24)10-12-2-3-12/h4-7,12,15,21H,2-3,8-11H2,1H3,(H,19,22)(H,23,24)/t15?,18-/m0/s1. The molecule has 9 heteroatoms. The van der Waals surface area contributed by atoms with Crippen molar-refractivity contribution < 1.29 is 28.2 Å². The van der Waals surface area contributed by atoms with Crippen molar-refractivity contribution in [1.82, 2.24) is 9.62 Å². The lowest BCUT2D eigenvalue weighted by Crippen LogP contribution is -2.57. The van der Waals surface area contributed by atoms with E-state index in [-0.39, 0.29) is 42.7 Å². The molecule has 2 atom stereocenters. The third-order valence-electron chi connectivity index (χ3n) is 5.51. The van der Waals surface area contributed by atoms with Crippen LogP contribution in [0.1, 0.15) is 36.0 Å². The molecule has 27 heavy (non-hydrogen) atoms. The summed E-state index contributed by atoms with van der Waals surface area (Å²) in [5.74, 6) is -1.25. The predicted octanol–water partition coefficient (Wildman–Crippen LogP) is 0.673. The Kier molecular flexibility index (Phi) is 5.29. The Bertz CT molecular complexity index is 834. The number of carbonyl (C=O) groups excluding carboxylic acids is 1. The Hall–Kier alpha value is -1.97. The molecule has 1 aliphatic carbocycles. The average Bonchev–Trinajstić information content (AvgIpc) is 3.46. The number of sulfonamides is 1. The first-order valence-corrected chi connectivity index (χ1v) is 10.4. The second-order valence-corrected chi connectivity index (χ2v) is 9.29. The lowest BCUT2D eigenvalue weighted by atomic mass is 9.74. The molecule has 8 nitrogen and oxygen atoms in total. The molecule has 1 amide bonds. The number of aliphatic carboxylic acids is 1. The van der Waals surface area contributed by atoms with Crippen molar-refractivity contribution in [2.45, 2.75) is 36.7 Å². The zero-order chi connectivity index (χ0) is 19.8. The lowest BCUT2D eigenvalue weighted by molar-refractivity contribution is -0.162. The van der Waals surface area contributed by atoms with E-state index >= 15 is 0 Å². The number of nitrogens with one attached hydrogen (secondary N) is 1. The smallest absolute Gasteiger partial charge is 0.313 e. The van der Waals surface area contributed by atoms with Crippen LogP contribution in [-0.4, -0.2) is 61.1 Å². The summed E-state index contributed by atoms with van der Waals surface area (Å²) in [6, 6.07) is 5.51. The van der Waals surface area contributed by atoms with Gasteiger partial charge >= 0.3 is 5.97 Å². The van der Waals surface area contributed by atoms with E-state index in [2.05, 4.69) is 5.32 Å². The molecule has 0 spiro atoms. The summed E-state index contributed by atoms with van der Waals surface area (Å²) < 4.78 is 27.2. The minimum absolute atomic E-state index is 0.00254. The van der Waals surface area contributed by atoms with Crippen molar-refractivity contribution in [2.24, 2.45) is 11.3 Å². The second-order valence-electron chi connectivity index (χ2n) is 7.36. The Morgan fingerprint density at radius 2 is 1.85 bits per heavy atom. The summed E-state index contributed by atoms with van der Waals surface area (Å²) in [7, 11) is -2.44. The quantitative estimate of drug-likeness (QED) is 0.649. The van der Waals surface area contributed by atoms with Gasteiger partial charge in [-0.25, -0.2) is 8.42 Å². The highest BCUT2D eigenvalue weighted by molar-refractivity contribution is 7.89. The monoisotopic (exact) mass is 396 g/mol. The molecule has 1 aromatic rings. The van der Waals surface area contributed by atoms with Crippen molar-refractivity contribution in [3.05, 3.63) is 29.8 Å². The van der Waals surface area contributed by atoms with Crippen molar-refractivity contribution in [3.8, 4) is 0 Å². The first-order valence-electron chi connectivity index (χ1n) is 8.94. The number of hydrogen-bond acceptors (Lipinski definition) is 5. The maximum Gasteiger partial charge on any atom is 0.313 e. The van der Waals surface area contributed by atoms with Crippen LogP contribution >= 0.6 is 0 Å². The molecular formula is C18H24N2O6S. The SMILES string of the molecule is CNC(=O)c1ccc(S(=O)(=O)N2CCC(O)[C@@](CC3CC3)(C(=O)O)C2)cc1. The van der Waals surface area contributed by atoms with Gasteiger partial charge in [0.15, 0.2) is 0 Å². The highest BCUT2D eigenvalue weighted by atomic mass is 32.2. The number of carboxylic acid groups (broad SMARTS) is 1. The summed E-state index contributed by atoms with van der Waals surface area (Å²) in [6.45, 7) is -0.195. The van der Waals surface area contributed by atoms with Crippen LogP contribution in [0.5, 0.6) is 0 Å². The molecule has 3 rings (SSSR count). The number of aliphatic hydroxyl groups excluding tert-OH is 1. The third kappa shape index (κ3) is 3.71. The van der Waals surface area contributed by atoms with Gasteiger partial charge in [0.1, 0.15) is 5.41 Å². The molecule has 148 valence electrons. The molecule has 0 bridgehead atoms. The molecule has 1 saturated carbocycles. The van der Waals surface area contributed by atoms with E-state index in [1.165, 1.54) is 31.3 Å². The molecule has 1 unspecified atom stereocenters. The summed E-state index contributed by atoms with van der Waals surface area (Å²) in [4.78, 5) is 23.6. The Labute approximate surface area is 158 Å². The van der Waals surface area contributed by atoms with Crippen molar-refractivity contribution in [1.29, 1.82) is 0 Å². The van der Waals surface area contributed by atoms with Crippen molar-refractivity contribution in [2.75, 3.05) is 20.1 Å². The lowest BCUT2D eigenvalue weighted by Gasteiger charge is -2.42. The third-order valence-corrected chi connectivity index (χ3v) is 7.36.